The largest absolute Gasteiger partial charge is 0.340 e. The second-order valence-corrected chi connectivity index (χ2v) is 5.94. The molecule has 0 aromatic heterocycles. The van der Waals surface area contributed by atoms with E-state index in [0.717, 1.165) is 26.1 Å². The Morgan fingerprint density at radius 3 is 2.53 bits per heavy atom. The highest BCUT2D eigenvalue weighted by molar-refractivity contribution is 5.97. The minimum Gasteiger partial charge on any atom is -0.340 e. The van der Waals surface area contributed by atoms with Gasteiger partial charge in [-0.15, -0.1) is 0 Å². The highest BCUT2D eigenvalue weighted by Gasteiger charge is 2.44. The summed E-state index contributed by atoms with van der Waals surface area (Å²) in [5, 5.41) is 2.90. The molecule has 0 aromatic carbocycles. The van der Waals surface area contributed by atoms with Crippen molar-refractivity contribution in [2.24, 2.45) is 5.92 Å². The van der Waals surface area contributed by atoms with Crippen molar-refractivity contribution in [1.29, 1.82) is 0 Å². The Hall–Kier alpha value is -1.10. The Morgan fingerprint density at radius 2 is 2.00 bits per heavy atom. The van der Waals surface area contributed by atoms with E-state index in [2.05, 4.69) is 17.3 Å². The molecule has 2 heterocycles. The highest BCUT2D eigenvalue weighted by Crippen LogP contribution is 2.24. The zero-order valence-corrected chi connectivity index (χ0v) is 12.2. The first kappa shape index (κ1) is 14.3. The van der Waals surface area contributed by atoms with Crippen LogP contribution >= 0.6 is 0 Å². The monoisotopic (exact) mass is 267 g/mol. The average molecular weight is 267 g/mol. The van der Waals surface area contributed by atoms with Gasteiger partial charge in [0, 0.05) is 13.1 Å². The Morgan fingerprint density at radius 1 is 1.32 bits per heavy atom. The van der Waals surface area contributed by atoms with Gasteiger partial charge in [-0.2, -0.15) is 0 Å². The predicted molar refractivity (Wildman–Crippen MR) is 73.6 cm³/mol. The number of nitrogens with one attached hydrogen (secondary N) is 1. The first-order valence-electron chi connectivity index (χ1n) is 7.29. The molecule has 0 aromatic rings. The molecule has 5 nitrogen and oxygen atoms in total. The summed E-state index contributed by atoms with van der Waals surface area (Å²) >= 11 is 0. The van der Waals surface area contributed by atoms with Crippen LogP contribution in [0.25, 0.3) is 0 Å². The lowest BCUT2D eigenvalue weighted by atomic mass is 9.88. The molecule has 2 fully saturated rings. The van der Waals surface area contributed by atoms with Crippen molar-refractivity contribution in [3.05, 3.63) is 0 Å². The van der Waals surface area contributed by atoms with Crippen molar-refractivity contribution in [2.75, 3.05) is 33.2 Å². The maximum atomic E-state index is 12.6. The zero-order chi connectivity index (χ0) is 14.0. The average Bonchev–Trinajstić information content (AvgIpc) is 2.79. The van der Waals surface area contributed by atoms with Gasteiger partial charge < -0.3 is 15.1 Å². The van der Waals surface area contributed by atoms with Gasteiger partial charge in [0.2, 0.25) is 11.8 Å². The van der Waals surface area contributed by atoms with Gasteiger partial charge in [-0.1, -0.05) is 13.8 Å². The van der Waals surface area contributed by atoms with Gasteiger partial charge >= 0.3 is 0 Å². The lowest BCUT2D eigenvalue weighted by Gasteiger charge is -2.42. The third-order valence-corrected chi connectivity index (χ3v) is 4.58. The SMILES string of the molecule is CCC1(CC)NC(=O)CN(CC2CCN(C)C2)C1=O. The van der Waals surface area contributed by atoms with Crippen molar-refractivity contribution >= 4 is 11.8 Å². The van der Waals surface area contributed by atoms with Gasteiger partial charge in [-0.25, -0.2) is 0 Å². The summed E-state index contributed by atoms with van der Waals surface area (Å²) in [6, 6.07) is 0. The summed E-state index contributed by atoms with van der Waals surface area (Å²) in [4.78, 5) is 28.6. The fourth-order valence-electron chi connectivity index (χ4n) is 3.27. The molecule has 2 amide bonds. The van der Waals surface area contributed by atoms with Crippen LogP contribution in [0, 0.1) is 5.92 Å². The van der Waals surface area contributed by atoms with E-state index in [4.69, 9.17) is 0 Å². The summed E-state index contributed by atoms with van der Waals surface area (Å²) in [6.07, 6.45) is 2.44. The molecule has 1 atom stereocenters. The second-order valence-electron chi connectivity index (χ2n) is 5.94. The zero-order valence-electron chi connectivity index (χ0n) is 12.2. The molecule has 1 N–H and O–H groups in total. The summed E-state index contributed by atoms with van der Waals surface area (Å²) in [5.41, 5.74) is -0.667. The number of hydrogen-bond acceptors (Lipinski definition) is 3. The fraction of sp³-hybridized carbons (Fsp3) is 0.857. The van der Waals surface area contributed by atoms with Gasteiger partial charge in [-0.05, 0) is 38.8 Å². The molecule has 108 valence electrons. The molecule has 0 aliphatic carbocycles. The normalized spacial score (nSPS) is 27.7. The Kier molecular flexibility index (Phi) is 4.13. The lowest BCUT2D eigenvalue weighted by molar-refractivity contribution is -0.151. The number of amides is 2. The van der Waals surface area contributed by atoms with Crippen LogP contribution in [0.5, 0.6) is 0 Å². The van der Waals surface area contributed by atoms with Crippen molar-refractivity contribution in [2.45, 2.75) is 38.6 Å². The number of rotatable bonds is 4. The number of piperazine rings is 1. The van der Waals surface area contributed by atoms with Crippen molar-refractivity contribution < 1.29 is 9.59 Å². The van der Waals surface area contributed by atoms with E-state index in [1.165, 1.54) is 0 Å². The van der Waals surface area contributed by atoms with Crippen molar-refractivity contribution in [3.8, 4) is 0 Å². The van der Waals surface area contributed by atoms with E-state index in [1.54, 1.807) is 4.90 Å². The van der Waals surface area contributed by atoms with E-state index in [9.17, 15) is 9.59 Å². The molecule has 0 bridgehead atoms. The van der Waals surface area contributed by atoms with Gasteiger partial charge in [0.1, 0.15) is 5.54 Å². The fourth-order valence-corrected chi connectivity index (χ4v) is 3.27. The Bertz CT molecular complexity index is 366. The number of nitrogens with zero attached hydrogens (tertiary/aromatic N) is 2. The van der Waals surface area contributed by atoms with Crippen LogP contribution in [0.3, 0.4) is 0 Å². The van der Waals surface area contributed by atoms with Crippen LogP contribution in [0.1, 0.15) is 33.1 Å². The third kappa shape index (κ3) is 2.76. The molecule has 5 heteroatoms. The molecular weight excluding hydrogens is 242 g/mol. The summed E-state index contributed by atoms with van der Waals surface area (Å²) in [6.45, 7) is 6.99. The summed E-state index contributed by atoms with van der Waals surface area (Å²) < 4.78 is 0. The summed E-state index contributed by atoms with van der Waals surface area (Å²) in [7, 11) is 2.10. The maximum absolute atomic E-state index is 12.6. The molecule has 2 aliphatic heterocycles. The minimum absolute atomic E-state index is 0.0188. The molecule has 2 rings (SSSR count). The molecular formula is C14H25N3O2. The van der Waals surface area contributed by atoms with Gasteiger partial charge in [0.05, 0.1) is 6.54 Å². The molecule has 0 spiro atoms. The van der Waals surface area contributed by atoms with Crippen LogP contribution in [-0.4, -0.2) is 60.4 Å². The first-order chi connectivity index (χ1) is 9.00. The van der Waals surface area contributed by atoms with E-state index in [-0.39, 0.29) is 18.4 Å². The van der Waals surface area contributed by atoms with Crippen LogP contribution < -0.4 is 5.32 Å². The molecule has 1 unspecified atom stereocenters. The number of likely N-dealkylation sites (tertiary alicyclic amines) is 1. The van der Waals surface area contributed by atoms with Crippen LogP contribution in [0.4, 0.5) is 0 Å². The van der Waals surface area contributed by atoms with E-state index in [1.807, 2.05) is 13.8 Å². The Balaban J connectivity index is 2.07. The van der Waals surface area contributed by atoms with Crippen LogP contribution in [0.2, 0.25) is 0 Å². The number of carbonyl (C=O) groups excluding carboxylic acids is 2. The van der Waals surface area contributed by atoms with Crippen molar-refractivity contribution in [3.63, 3.8) is 0 Å². The Labute approximate surface area is 115 Å². The molecule has 2 saturated heterocycles. The topological polar surface area (TPSA) is 52.7 Å². The van der Waals surface area contributed by atoms with E-state index >= 15 is 0 Å². The lowest BCUT2D eigenvalue weighted by Crippen LogP contribution is -2.66. The third-order valence-electron chi connectivity index (χ3n) is 4.58. The number of hydrogen-bond donors (Lipinski definition) is 1. The second kappa shape index (κ2) is 5.49. The molecule has 0 saturated carbocycles. The van der Waals surface area contributed by atoms with Crippen LogP contribution in [-0.2, 0) is 9.59 Å². The smallest absolute Gasteiger partial charge is 0.248 e. The van der Waals surface area contributed by atoms with Crippen molar-refractivity contribution in [1.82, 2.24) is 15.1 Å². The molecule has 19 heavy (non-hydrogen) atoms. The first-order valence-corrected chi connectivity index (χ1v) is 7.29. The highest BCUT2D eigenvalue weighted by atomic mass is 16.2. The number of carbonyl (C=O) groups is 2. The van der Waals surface area contributed by atoms with E-state index < -0.39 is 5.54 Å². The molecule has 0 radical (unpaired) electrons. The van der Waals surface area contributed by atoms with Gasteiger partial charge in [-0.3, -0.25) is 9.59 Å². The quantitative estimate of drug-likeness (QED) is 0.805. The van der Waals surface area contributed by atoms with E-state index in [0.29, 0.717) is 18.8 Å². The summed E-state index contributed by atoms with van der Waals surface area (Å²) in [5.74, 6) is 0.590. The predicted octanol–water partition coefficient (Wildman–Crippen LogP) is 0.455. The molecule has 2 aliphatic rings. The van der Waals surface area contributed by atoms with Gasteiger partial charge in [0.25, 0.3) is 0 Å². The maximum Gasteiger partial charge on any atom is 0.248 e. The van der Waals surface area contributed by atoms with Gasteiger partial charge in [0.15, 0.2) is 0 Å². The minimum atomic E-state index is -0.667. The standard InChI is InChI=1S/C14H25N3O2/c1-4-14(5-2)13(19)17(10-12(18)15-14)9-11-6-7-16(3)8-11/h11H,4-10H2,1-3H3,(H,15,18). The van der Waals surface area contributed by atoms with Crippen LogP contribution in [0.15, 0.2) is 0 Å².